The predicted octanol–water partition coefficient (Wildman–Crippen LogP) is 2.52. The molecule has 0 aromatic carbocycles. The number of H-pyrrole nitrogens is 1. The average molecular weight is 334 g/mol. The lowest BCUT2D eigenvalue weighted by atomic mass is 10.0. The lowest BCUT2D eigenvalue weighted by Gasteiger charge is -2.33. The van der Waals surface area contributed by atoms with Crippen molar-refractivity contribution in [1.82, 2.24) is 20.1 Å². The van der Waals surface area contributed by atoms with Gasteiger partial charge in [-0.3, -0.25) is 9.89 Å². The van der Waals surface area contributed by atoms with Crippen LogP contribution in [0.15, 0.2) is 16.8 Å². The van der Waals surface area contributed by atoms with Gasteiger partial charge in [-0.25, -0.2) is 4.98 Å². The molecule has 1 aliphatic heterocycles. The summed E-state index contributed by atoms with van der Waals surface area (Å²) in [6.45, 7) is 5.71. The number of thiophene rings is 1. The number of morpholine rings is 1. The highest BCUT2D eigenvalue weighted by molar-refractivity contribution is 7.08. The van der Waals surface area contributed by atoms with E-state index in [2.05, 4.69) is 22.1 Å². The van der Waals surface area contributed by atoms with Gasteiger partial charge in [0.05, 0.1) is 19.1 Å². The van der Waals surface area contributed by atoms with E-state index in [1.807, 2.05) is 28.7 Å². The van der Waals surface area contributed by atoms with Gasteiger partial charge in [-0.05, 0) is 35.7 Å². The van der Waals surface area contributed by atoms with Gasteiger partial charge in [0.25, 0.3) is 0 Å². The number of hydrogen-bond acceptors (Lipinski definition) is 5. The minimum absolute atomic E-state index is 0.122. The maximum absolute atomic E-state index is 12.7. The van der Waals surface area contributed by atoms with Gasteiger partial charge in [0.1, 0.15) is 11.9 Å². The molecule has 1 N–H and O–H groups in total. The van der Waals surface area contributed by atoms with Crippen LogP contribution in [0.1, 0.15) is 49.5 Å². The molecule has 1 aliphatic rings. The number of aromatic amines is 1. The molecular weight excluding hydrogens is 312 g/mol. The molecule has 6 nitrogen and oxygen atoms in total. The monoisotopic (exact) mass is 334 g/mol. The molecule has 2 aromatic heterocycles. The van der Waals surface area contributed by atoms with E-state index in [1.165, 1.54) is 0 Å². The van der Waals surface area contributed by atoms with E-state index in [9.17, 15) is 4.79 Å². The van der Waals surface area contributed by atoms with Crippen molar-refractivity contribution in [1.29, 1.82) is 0 Å². The maximum Gasteiger partial charge on any atom is 0.230 e. The molecule has 0 saturated carbocycles. The van der Waals surface area contributed by atoms with Crippen molar-refractivity contribution in [3.63, 3.8) is 0 Å². The Hall–Kier alpha value is -1.73. The Morgan fingerprint density at radius 2 is 2.48 bits per heavy atom. The van der Waals surface area contributed by atoms with E-state index in [4.69, 9.17) is 4.74 Å². The first-order chi connectivity index (χ1) is 11.2. The van der Waals surface area contributed by atoms with Gasteiger partial charge in [-0.2, -0.15) is 16.4 Å². The van der Waals surface area contributed by atoms with Crippen molar-refractivity contribution in [3.05, 3.63) is 34.0 Å². The first-order valence-corrected chi connectivity index (χ1v) is 8.97. The largest absolute Gasteiger partial charge is 0.366 e. The quantitative estimate of drug-likeness (QED) is 0.912. The van der Waals surface area contributed by atoms with E-state index in [0.717, 1.165) is 24.2 Å². The molecule has 2 aromatic rings. The van der Waals surface area contributed by atoms with E-state index in [-0.39, 0.29) is 17.9 Å². The molecule has 2 atom stereocenters. The van der Waals surface area contributed by atoms with Gasteiger partial charge in [-0.15, -0.1) is 0 Å². The van der Waals surface area contributed by atoms with Crippen LogP contribution in [0.25, 0.3) is 0 Å². The van der Waals surface area contributed by atoms with Gasteiger partial charge < -0.3 is 9.64 Å². The molecule has 1 amide bonds. The van der Waals surface area contributed by atoms with Gasteiger partial charge >= 0.3 is 0 Å². The molecule has 0 unspecified atom stereocenters. The number of rotatable bonds is 5. The fourth-order valence-electron chi connectivity index (χ4n) is 2.75. The van der Waals surface area contributed by atoms with E-state index in [1.54, 1.807) is 11.3 Å². The van der Waals surface area contributed by atoms with Crippen LogP contribution in [-0.2, 0) is 16.0 Å². The first kappa shape index (κ1) is 16.1. The fraction of sp³-hybridized carbons (Fsp3) is 0.562. The summed E-state index contributed by atoms with van der Waals surface area (Å²) in [5.74, 6) is 1.54. The minimum atomic E-state index is -0.246. The molecule has 3 rings (SSSR count). The standard InChI is InChI=1S/C16H22N4O2S/c1-3-4-14-17-15(19-18-14)13-9-20(6-7-22-13)16(21)11(2)12-5-8-23-10-12/h5,8,10-11,13H,3-4,6-7,9H2,1-2H3,(H,17,18,19)/t11-,13-/m0/s1. The Bertz CT molecular complexity index is 640. The lowest BCUT2D eigenvalue weighted by molar-refractivity contribution is -0.140. The molecule has 23 heavy (non-hydrogen) atoms. The molecule has 1 saturated heterocycles. The van der Waals surface area contributed by atoms with Gasteiger partial charge in [0, 0.05) is 13.0 Å². The van der Waals surface area contributed by atoms with Crippen LogP contribution in [0.4, 0.5) is 0 Å². The Kier molecular flexibility index (Phi) is 5.07. The van der Waals surface area contributed by atoms with Gasteiger partial charge in [0.2, 0.25) is 5.91 Å². The molecular formula is C16H22N4O2S. The van der Waals surface area contributed by atoms with Crippen LogP contribution in [0, 0.1) is 0 Å². The zero-order valence-electron chi connectivity index (χ0n) is 13.5. The fourth-order valence-corrected chi connectivity index (χ4v) is 3.50. The Morgan fingerprint density at radius 3 is 3.22 bits per heavy atom. The van der Waals surface area contributed by atoms with Crippen LogP contribution in [0.3, 0.4) is 0 Å². The summed E-state index contributed by atoms with van der Waals surface area (Å²) >= 11 is 1.62. The van der Waals surface area contributed by atoms with Crippen molar-refractivity contribution in [2.45, 2.75) is 38.7 Å². The van der Waals surface area contributed by atoms with E-state index in [0.29, 0.717) is 25.5 Å². The Balaban J connectivity index is 1.66. The highest BCUT2D eigenvalue weighted by atomic mass is 32.1. The molecule has 0 aliphatic carbocycles. The molecule has 3 heterocycles. The summed E-state index contributed by atoms with van der Waals surface area (Å²) in [7, 11) is 0. The number of ether oxygens (including phenoxy) is 1. The summed E-state index contributed by atoms with van der Waals surface area (Å²) in [5.41, 5.74) is 1.08. The van der Waals surface area contributed by atoms with Crippen LogP contribution >= 0.6 is 11.3 Å². The molecule has 0 radical (unpaired) electrons. The van der Waals surface area contributed by atoms with Gasteiger partial charge in [-0.1, -0.05) is 6.92 Å². The molecule has 7 heteroatoms. The number of carbonyl (C=O) groups is 1. The van der Waals surface area contributed by atoms with Crippen molar-refractivity contribution in [2.75, 3.05) is 19.7 Å². The van der Waals surface area contributed by atoms with Crippen LogP contribution in [-0.4, -0.2) is 45.7 Å². The molecule has 1 fully saturated rings. The first-order valence-electron chi connectivity index (χ1n) is 8.02. The molecule has 124 valence electrons. The Morgan fingerprint density at radius 1 is 1.61 bits per heavy atom. The number of aryl methyl sites for hydroxylation is 1. The zero-order valence-corrected chi connectivity index (χ0v) is 14.3. The number of nitrogens with zero attached hydrogens (tertiary/aromatic N) is 3. The minimum Gasteiger partial charge on any atom is -0.366 e. The number of carbonyl (C=O) groups excluding carboxylic acids is 1. The zero-order chi connectivity index (χ0) is 16.2. The predicted molar refractivity (Wildman–Crippen MR) is 88.4 cm³/mol. The lowest BCUT2D eigenvalue weighted by Crippen LogP contribution is -2.44. The summed E-state index contributed by atoms with van der Waals surface area (Å²) in [5, 5.41) is 11.2. The van der Waals surface area contributed by atoms with Crippen LogP contribution in [0.2, 0.25) is 0 Å². The highest BCUT2D eigenvalue weighted by Crippen LogP contribution is 2.25. The smallest absolute Gasteiger partial charge is 0.230 e. The van der Waals surface area contributed by atoms with Crippen molar-refractivity contribution < 1.29 is 9.53 Å². The second kappa shape index (κ2) is 7.23. The number of nitrogens with one attached hydrogen (secondary N) is 1. The number of amides is 1. The topological polar surface area (TPSA) is 71.1 Å². The van der Waals surface area contributed by atoms with Crippen molar-refractivity contribution >= 4 is 17.2 Å². The third-order valence-electron chi connectivity index (χ3n) is 4.12. The number of hydrogen-bond donors (Lipinski definition) is 1. The average Bonchev–Trinajstić information content (AvgIpc) is 3.26. The van der Waals surface area contributed by atoms with Crippen molar-refractivity contribution in [3.8, 4) is 0 Å². The van der Waals surface area contributed by atoms with E-state index >= 15 is 0 Å². The van der Waals surface area contributed by atoms with Gasteiger partial charge in [0.15, 0.2) is 5.82 Å². The summed E-state index contributed by atoms with van der Waals surface area (Å²) < 4.78 is 5.77. The van der Waals surface area contributed by atoms with E-state index < -0.39 is 0 Å². The molecule has 0 bridgehead atoms. The molecule has 0 spiro atoms. The second-order valence-corrected chi connectivity index (χ2v) is 6.59. The third kappa shape index (κ3) is 3.61. The summed E-state index contributed by atoms with van der Waals surface area (Å²) in [4.78, 5) is 19.1. The highest BCUT2D eigenvalue weighted by Gasteiger charge is 2.30. The number of aromatic nitrogens is 3. The second-order valence-electron chi connectivity index (χ2n) is 5.81. The summed E-state index contributed by atoms with van der Waals surface area (Å²) in [6, 6.07) is 2.01. The SMILES string of the molecule is CCCc1nc([C@@H]2CN(C(=O)[C@@H](C)c3ccsc3)CCO2)n[nH]1. The normalized spacial score (nSPS) is 19.7. The third-order valence-corrected chi connectivity index (χ3v) is 4.82. The van der Waals surface area contributed by atoms with Crippen LogP contribution in [0.5, 0.6) is 0 Å². The Labute approximate surface area is 139 Å². The maximum atomic E-state index is 12.7. The summed E-state index contributed by atoms with van der Waals surface area (Å²) in [6.07, 6.45) is 1.64. The van der Waals surface area contributed by atoms with Crippen molar-refractivity contribution in [2.24, 2.45) is 0 Å². The van der Waals surface area contributed by atoms with Crippen LogP contribution < -0.4 is 0 Å².